The minimum absolute atomic E-state index is 0.0306. The van der Waals surface area contributed by atoms with Crippen LogP contribution in [0, 0.1) is 17.0 Å². The van der Waals surface area contributed by atoms with Crippen molar-refractivity contribution in [1.82, 2.24) is 9.55 Å². The molecule has 0 atom stereocenters. The number of hydrogen-bond donors (Lipinski definition) is 0. The van der Waals surface area contributed by atoms with E-state index < -0.39 is 4.92 Å². The van der Waals surface area contributed by atoms with E-state index in [2.05, 4.69) is 20.9 Å². The van der Waals surface area contributed by atoms with Crippen molar-refractivity contribution < 1.29 is 4.92 Å². The number of benzene rings is 1. The number of aryl methyl sites for hydroxylation is 2. The SMILES string of the molecule is Cc1nc2c([N+](=O)[O-])cc(Br)cc2n1C. The van der Waals surface area contributed by atoms with E-state index in [0.29, 0.717) is 9.99 Å². The van der Waals surface area contributed by atoms with Crippen LogP contribution in [-0.4, -0.2) is 14.5 Å². The number of nitro groups is 1. The second-order valence-corrected chi connectivity index (χ2v) is 4.18. The fourth-order valence-electron chi connectivity index (χ4n) is 1.49. The largest absolute Gasteiger partial charge is 0.331 e. The molecule has 0 fully saturated rings. The summed E-state index contributed by atoms with van der Waals surface area (Å²) in [7, 11) is 1.83. The highest BCUT2D eigenvalue weighted by Crippen LogP contribution is 2.29. The van der Waals surface area contributed by atoms with Crippen LogP contribution in [0.1, 0.15) is 5.82 Å². The molecule has 0 saturated carbocycles. The number of halogens is 1. The standard InChI is InChI=1S/C9H8BrN3O2/c1-5-11-9-7(12(5)2)3-6(10)4-8(9)13(14)15/h3-4H,1-2H3. The highest BCUT2D eigenvalue weighted by molar-refractivity contribution is 9.10. The number of non-ortho nitro benzene ring substituents is 1. The Bertz CT molecular complexity index is 562. The predicted molar refractivity (Wildman–Crippen MR) is 59.8 cm³/mol. The number of nitrogens with zero attached hydrogens (tertiary/aromatic N) is 3. The number of imidazole rings is 1. The van der Waals surface area contributed by atoms with Crippen LogP contribution in [0.3, 0.4) is 0 Å². The van der Waals surface area contributed by atoms with Crippen molar-refractivity contribution in [2.75, 3.05) is 0 Å². The fraction of sp³-hybridized carbons (Fsp3) is 0.222. The predicted octanol–water partition coefficient (Wildman–Crippen LogP) is 2.55. The van der Waals surface area contributed by atoms with Crippen molar-refractivity contribution in [3.63, 3.8) is 0 Å². The molecule has 6 heteroatoms. The Hall–Kier alpha value is -1.43. The Morgan fingerprint density at radius 3 is 2.80 bits per heavy atom. The number of hydrogen-bond acceptors (Lipinski definition) is 3. The molecule has 0 amide bonds. The Morgan fingerprint density at radius 1 is 1.53 bits per heavy atom. The summed E-state index contributed by atoms with van der Waals surface area (Å²) in [5, 5.41) is 10.8. The lowest BCUT2D eigenvalue weighted by Crippen LogP contribution is -1.91. The maximum Gasteiger partial charge on any atom is 0.298 e. The van der Waals surface area contributed by atoms with Crippen LogP contribution in [0.15, 0.2) is 16.6 Å². The molecule has 0 aliphatic heterocycles. The first-order valence-electron chi connectivity index (χ1n) is 4.27. The van der Waals surface area contributed by atoms with E-state index in [1.165, 1.54) is 6.07 Å². The number of rotatable bonds is 1. The third-order valence-electron chi connectivity index (χ3n) is 2.35. The van der Waals surface area contributed by atoms with Gasteiger partial charge in [-0.05, 0) is 13.0 Å². The van der Waals surface area contributed by atoms with Gasteiger partial charge in [0.2, 0.25) is 0 Å². The quantitative estimate of drug-likeness (QED) is 0.591. The second-order valence-electron chi connectivity index (χ2n) is 3.27. The summed E-state index contributed by atoms with van der Waals surface area (Å²) < 4.78 is 2.51. The van der Waals surface area contributed by atoms with E-state index in [9.17, 15) is 10.1 Å². The van der Waals surface area contributed by atoms with Crippen molar-refractivity contribution in [3.05, 3.63) is 32.5 Å². The molecule has 0 saturated heterocycles. The maximum atomic E-state index is 10.8. The first kappa shape index (κ1) is 10.1. The Morgan fingerprint density at radius 2 is 2.20 bits per heavy atom. The lowest BCUT2D eigenvalue weighted by atomic mass is 10.3. The zero-order valence-electron chi connectivity index (χ0n) is 8.19. The molecule has 0 N–H and O–H groups in total. The summed E-state index contributed by atoms with van der Waals surface area (Å²) in [4.78, 5) is 14.6. The molecule has 5 nitrogen and oxygen atoms in total. The summed E-state index contributed by atoms with van der Waals surface area (Å²) in [6.07, 6.45) is 0. The molecule has 0 unspecified atom stereocenters. The van der Waals surface area contributed by atoms with Gasteiger partial charge in [0.05, 0.1) is 10.4 Å². The average molecular weight is 270 g/mol. The van der Waals surface area contributed by atoms with Gasteiger partial charge in [0.15, 0.2) is 5.52 Å². The summed E-state index contributed by atoms with van der Waals surface area (Å²) in [6, 6.07) is 3.29. The van der Waals surface area contributed by atoms with Gasteiger partial charge in [-0.1, -0.05) is 15.9 Å². The van der Waals surface area contributed by atoms with Crippen LogP contribution in [0.5, 0.6) is 0 Å². The summed E-state index contributed by atoms with van der Waals surface area (Å²) >= 11 is 3.25. The summed E-state index contributed by atoms with van der Waals surface area (Å²) in [5.41, 5.74) is 1.22. The summed E-state index contributed by atoms with van der Waals surface area (Å²) in [6.45, 7) is 1.82. The van der Waals surface area contributed by atoms with E-state index in [-0.39, 0.29) is 5.69 Å². The van der Waals surface area contributed by atoms with Gasteiger partial charge in [-0.15, -0.1) is 0 Å². The molecule has 0 aliphatic rings. The molecule has 1 heterocycles. The molecule has 78 valence electrons. The smallest absolute Gasteiger partial charge is 0.298 e. The molecular formula is C9H8BrN3O2. The van der Waals surface area contributed by atoms with Crippen LogP contribution in [0.4, 0.5) is 5.69 Å². The Balaban J connectivity index is 2.92. The van der Waals surface area contributed by atoms with E-state index in [1.807, 2.05) is 24.6 Å². The number of aromatic nitrogens is 2. The maximum absolute atomic E-state index is 10.8. The van der Waals surface area contributed by atoms with Gasteiger partial charge in [0.25, 0.3) is 5.69 Å². The zero-order chi connectivity index (χ0) is 11.2. The molecule has 0 radical (unpaired) electrons. The van der Waals surface area contributed by atoms with Crippen LogP contribution < -0.4 is 0 Å². The lowest BCUT2D eigenvalue weighted by Gasteiger charge is -1.97. The average Bonchev–Trinajstić information content (AvgIpc) is 2.43. The van der Waals surface area contributed by atoms with E-state index in [0.717, 1.165) is 11.3 Å². The van der Waals surface area contributed by atoms with Gasteiger partial charge >= 0.3 is 0 Å². The number of nitro benzene ring substituents is 1. The number of fused-ring (bicyclic) bond motifs is 1. The van der Waals surface area contributed by atoms with Crippen molar-refractivity contribution in [1.29, 1.82) is 0 Å². The molecule has 1 aromatic heterocycles. The fourth-order valence-corrected chi connectivity index (χ4v) is 1.93. The normalized spacial score (nSPS) is 10.9. The van der Waals surface area contributed by atoms with Gasteiger partial charge in [0, 0.05) is 17.6 Å². The zero-order valence-corrected chi connectivity index (χ0v) is 9.78. The van der Waals surface area contributed by atoms with Crippen LogP contribution in [0.2, 0.25) is 0 Å². The van der Waals surface area contributed by atoms with Crippen LogP contribution in [0.25, 0.3) is 11.0 Å². The van der Waals surface area contributed by atoms with Crippen molar-refractivity contribution in [2.45, 2.75) is 6.92 Å². The molecule has 2 rings (SSSR count). The first-order chi connectivity index (χ1) is 7.00. The van der Waals surface area contributed by atoms with Crippen molar-refractivity contribution >= 4 is 32.7 Å². The Labute approximate surface area is 94.0 Å². The van der Waals surface area contributed by atoms with Gasteiger partial charge in [0.1, 0.15) is 5.82 Å². The molecule has 0 bridgehead atoms. The highest BCUT2D eigenvalue weighted by atomic mass is 79.9. The summed E-state index contributed by atoms with van der Waals surface area (Å²) in [5.74, 6) is 0.756. The Kier molecular flexibility index (Phi) is 2.22. The topological polar surface area (TPSA) is 61.0 Å². The lowest BCUT2D eigenvalue weighted by molar-refractivity contribution is -0.383. The van der Waals surface area contributed by atoms with Gasteiger partial charge in [-0.2, -0.15) is 0 Å². The van der Waals surface area contributed by atoms with E-state index in [4.69, 9.17) is 0 Å². The molecule has 1 aromatic carbocycles. The first-order valence-corrected chi connectivity index (χ1v) is 5.07. The molecule has 0 aliphatic carbocycles. The van der Waals surface area contributed by atoms with Crippen LogP contribution >= 0.6 is 15.9 Å². The monoisotopic (exact) mass is 269 g/mol. The van der Waals surface area contributed by atoms with Crippen molar-refractivity contribution in [3.8, 4) is 0 Å². The van der Waals surface area contributed by atoms with E-state index >= 15 is 0 Å². The van der Waals surface area contributed by atoms with Gasteiger partial charge in [-0.3, -0.25) is 10.1 Å². The third kappa shape index (κ3) is 1.50. The third-order valence-corrected chi connectivity index (χ3v) is 2.81. The molecule has 2 aromatic rings. The molecule has 0 spiro atoms. The van der Waals surface area contributed by atoms with Gasteiger partial charge in [-0.25, -0.2) is 4.98 Å². The highest BCUT2D eigenvalue weighted by Gasteiger charge is 2.17. The van der Waals surface area contributed by atoms with E-state index in [1.54, 1.807) is 0 Å². The molecular weight excluding hydrogens is 262 g/mol. The van der Waals surface area contributed by atoms with Gasteiger partial charge < -0.3 is 4.57 Å². The molecule has 15 heavy (non-hydrogen) atoms. The minimum Gasteiger partial charge on any atom is -0.331 e. The van der Waals surface area contributed by atoms with Crippen molar-refractivity contribution in [2.24, 2.45) is 7.05 Å². The minimum atomic E-state index is -0.417. The van der Waals surface area contributed by atoms with Crippen LogP contribution in [-0.2, 0) is 7.05 Å². The second kappa shape index (κ2) is 3.30.